The molecule has 0 amide bonds. The molecule has 0 spiro atoms. The van der Waals surface area contributed by atoms with Gasteiger partial charge in [-0.1, -0.05) is 12.1 Å². The summed E-state index contributed by atoms with van der Waals surface area (Å²) >= 11 is 2.21. The number of aromatic nitrogens is 2. The molecule has 0 saturated heterocycles. The van der Waals surface area contributed by atoms with Gasteiger partial charge in [-0.05, 0) is 41.6 Å². The summed E-state index contributed by atoms with van der Waals surface area (Å²) in [5.74, 6) is 1.63. The Morgan fingerprint density at radius 1 is 1.29 bits per heavy atom. The molecule has 1 aromatic carbocycles. The fourth-order valence-electron chi connectivity index (χ4n) is 1.50. The lowest BCUT2D eigenvalue weighted by Gasteiger charge is -2.08. The van der Waals surface area contributed by atoms with Crippen molar-refractivity contribution in [2.45, 2.75) is 6.92 Å². The molecule has 88 valence electrons. The van der Waals surface area contributed by atoms with Crippen LogP contribution in [0.3, 0.4) is 0 Å². The van der Waals surface area contributed by atoms with Gasteiger partial charge in [0.25, 0.3) is 0 Å². The molecular formula is C12H12IN3O. The Morgan fingerprint density at radius 3 is 2.71 bits per heavy atom. The van der Waals surface area contributed by atoms with Crippen LogP contribution in [0.25, 0.3) is 11.4 Å². The lowest BCUT2D eigenvalue weighted by atomic mass is 10.2. The van der Waals surface area contributed by atoms with Gasteiger partial charge in [0.2, 0.25) is 0 Å². The maximum atomic E-state index is 9.45. The molecule has 2 rings (SSSR count). The highest BCUT2D eigenvalue weighted by molar-refractivity contribution is 14.1. The van der Waals surface area contributed by atoms with Gasteiger partial charge in [0.05, 0.1) is 9.26 Å². The molecule has 0 fully saturated rings. The number of hydrogen-bond acceptors (Lipinski definition) is 4. The molecule has 5 heteroatoms. The minimum absolute atomic E-state index is 0.216. The van der Waals surface area contributed by atoms with Crippen LogP contribution < -0.4 is 5.32 Å². The molecule has 1 heterocycles. The smallest absolute Gasteiger partial charge is 0.161 e. The molecule has 0 bridgehead atoms. The standard InChI is InChI=1S/C12H12IN3O/c1-7-10(13)12(14-2)16-11(15-7)8-4-3-5-9(17)6-8/h3-6,17H,1-2H3,(H,14,15,16). The van der Waals surface area contributed by atoms with E-state index in [0.717, 1.165) is 20.6 Å². The number of aromatic hydroxyl groups is 1. The first kappa shape index (κ1) is 12.1. The van der Waals surface area contributed by atoms with E-state index >= 15 is 0 Å². The van der Waals surface area contributed by atoms with Crippen LogP contribution in [0.4, 0.5) is 5.82 Å². The van der Waals surface area contributed by atoms with Gasteiger partial charge in [0.1, 0.15) is 11.6 Å². The van der Waals surface area contributed by atoms with Crippen molar-refractivity contribution in [3.8, 4) is 17.1 Å². The summed E-state index contributed by atoms with van der Waals surface area (Å²) in [6.45, 7) is 1.94. The summed E-state index contributed by atoms with van der Waals surface area (Å²) in [5.41, 5.74) is 1.73. The Kier molecular flexibility index (Phi) is 3.46. The fraction of sp³-hybridized carbons (Fsp3) is 0.167. The second kappa shape index (κ2) is 4.87. The predicted molar refractivity (Wildman–Crippen MR) is 76.1 cm³/mol. The molecule has 0 aliphatic carbocycles. The van der Waals surface area contributed by atoms with Crippen LogP contribution in [0, 0.1) is 10.5 Å². The van der Waals surface area contributed by atoms with Crippen molar-refractivity contribution in [1.29, 1.82) is 0 Å². The van der Waals surface area contributed by atoms with Gasteiger partial charge >= 0.3 is 0 Å². The third-order valence-corrected chi connectivity index (χ3v) is 3.65. The Hall–Kier alpha value is -1.37. The number of nitrogens with one attached hydrogen (secondary N) is 1. The van der Waals surface area contributed by atoms with Crippen LogP contribution in [-0.4, -0.2) is 22.1 Å². The van der Waals surface area contributed by atoms with Crippen LogP contribution in [0.5, 0.6) is 5.75 Å². The van der Waals surface area contributed by atoms with E-state index in [1.807, 2.05) is 20.0 Å². The van der Waals surface area contributed by atoms with Crippen molar-refractivity contribution in [2.24, 2.45) is 0 Å². The van der Waals surface area contributed by atoms with Crippen molar-refractivity contribution in [3.63, 3.8) is 0 Å². The Labute approximate surface area is 113 Å². The van der Waals surface area contributed by atoms with Crippen LogP contribution in [0.2, 0.25) is 0 Å². The van der Waals surface area contributed by atoms with Crippen LogP contribution >= 0.6 is 22.6 Å². The zero-order valence-electron chi connectivity index (χ0n) is 9.53. The number of anilines is 1. The van der Waals surface area contributed by atoms with Gasteiger partial charge in [0.15, 0.2) is 5.82 Å². The summed E-state index contributed by atoms with van der Waals surface area (Å²) in [4.78, 5) is 8.85. The number of phenols is 1. The molecule has 0 aliphatic rings. The van der Waals surface area contributed by atoms with Gasteiger partial charge in [-0.3, -0.25) is 0 Å². The first-order chi connectivity index (χ1) is 8.11. The fourth-order valence-corrected chi connectivity index (χ4v) is 2.01. The van der Waals surface area contributed by atoms with E-state index in [1.165, 1.54) is 0 Å². The molecule has 1 aromatic heterocycles. The molecule has 0 unspecified atom stereocenters. The molecule has 0 radical (unpaired) electrons. The zero-order valence-corrected chi connectivity index (χ0v) is 11.7. The minimum atomic E-state index is 0.216. The summed E-state index contributed by atoms with van der Waals surface area (Å²) in [7, 11) is 1.83. The lowest BCUT2D eigenvalue weighted by Crippen LogP contribution is -2.02. The average Bonchev–Trinajstić information content (AvgIpc) is 2.32. The van der Waals surface area contributed by atoms with Crippen molar-refractivity contribution in [1.82, 2.24) is 9.97 Å². The number of phenolic OH excluding ortho intramolecular Hbond substituents is 1. The quantitative estimate of drug-likeness (QED) is 0.825. The Balaban J connectivity index is 2.56. The molecule has 0 atom stereocenters. The van der Waals surface area contributed by atoms with Gasteiger partial charge in [-0.2, -0.15) is 0 Å². The van der Waals surface area contributed by atoms with Gasteiger partial charge < -0.3 is 10.4 Å². The highest BCUT2D eigenvalue weighted by atomic mass is 127. The van der Waals surface area contributed by atoms with Crippen LogP contribution in [0.15, 0.2) is 24.3 Å². The topological polar surface area (TPSA) is 58.0 Å². The van der Waals surface area contributed by atoms with E-state index < -0.39 is 0 Å². The van der Waals surface area contributed by atoms with E-state index in [9.17, 15) is 5.11 Å². The minimum Gasteiger partial charge on any atom is -0.508 e. The number of aryl methyl sites for hydroxylation is 1. The number of nitrogens with zero attached hydrogens (tertiary/aromatic N) is 2. The monoisotopic (exact) mass is 341 g/mol. The second-order valence-electron chi connectivity index (χ2n) is 3.60. The summed E-state index contributed by atoms with van der Waals surface area (Å²) in [6, 6.07) is 6.93. The second-order valence-corrected chi connectivity index (χ2v) is 4.67. The number of benzene rings is 1. The summed E-state index contributed by atoms with van der Waals surface area (Å²) in [6.07, 6.45) is 0. The number of halogens is 1. The van der Waals surface area contributed by atoms with E-state index in [-0.39, 0.29) is 5.75 Å². The van der Waals surface area contributed by atoms with E-state index in [2.05, 4.69) is 37.9 Å². The van der Waals surface area contributed by atoms with Crippen molar-refractivity contribution >= 4 is 28.4 Å². The highest BCUT2D eigenvalue weighted by Gasteiger charge is 2.09. The normalized spacial score (nSPS) is 10.3. The SMILES string of the molecule is CNc1nc(-c2cccc(O)c2)nc(C)c1I. The van der Waals surface area contributed by atoms with Crippen molar-refractivity contribution in [2.75, 3.05) is 12.4 Å². The maximum absolute atomic E-state index is 9.45. The highest BCUT2D eigenvalue weighted by Crippen LogP contribution is 2.25. The molecule has 2 N–H and O–H groups in total. The van der Waals surface area contributed by atoms with Gasteiger partial charge in [-0.15, -0.1) is 0 Å². The predicted octanol–water partition coefficient (Wildman–Crippen LogP) is 2.80. The zero-order chi connectivity index (χ0) is 12.4. The molecule has 17 heavy (non-hydrogen) atoms. The first-order valence-electron chi connectivity index (χ1n) is 5.13. The number of hydrogen-bond donors (Lipinski definition) is 2. The molecule has 4 nitrogen and oxygen atoms in total. The Morgan fingerprint density at radius 2 is 2.06 bits per heavy atom. The van der Waals surface area contributed by atoms with E-state index in [4.69, 9.17) is 0 Å². The summed E-state index contributed by atoms with van der Waals surface area (Å²) in [5, 5.41) is 12.5. The molecule has 0 aliphatic heterocycles. The molecule has 0 saturated carbocycles. The third kappa shape index (κ3) is 2.49. The largest absolute Gasteiger partial charge is 0.508 e. The lowest BCUT2D eigenvalue weighted by molar-refractivity contribution is 0.475. The summed E-state index contributed by atoms with van der Waals surface area (Å²) < 4.78 is 1.01. The first-order valence-corrected chi connectivity index (χ1v) is 6.21. The van der Waals surface area contributed by atoms with Crippen LogP contribution in [0.1, 0.15) is 5.69 Å². The third-order valence-electron chi connectivity index (χ3n) is 2.36. The van der Waals surface area contributed by atoms with E-state index in [0.29, 0.717) is 5.82 Å². The van der Waals surface area contributed by atoms with Gasteiger partial charge in [-0.25, -0.2) is 9.97 Å². The maximum Gasteiger partial charge on any atom is 0.161 e. The molecule has 2 aromatic rings. The Bertz CT molecular complexity index is 557. The number of rotatable bonds is 2. The van der Waals surface area contributed by atoms with E-state index in [1.54, 1.807) is 18.2 Å². The van der Waals surface area contributed by atoms with Crippen molar-refractivity contribution in [3.05, 3.63) is 33.5 Å². The molecular weight excluding hydrogens is 329 g/mol. The van der Waals surface area contributed by atoms with Gasteiger partial charge in [0, 0.05) is 12.6 Å². The average molecular weight is 341 g/mol. The van der Waals surface area contributed by atoms with Crippen molar-refractivity contribution < 1.29 is 5.11 Å². The van der Waals surface area contributed by atoms with Crippen LogP contribution in [-0.2, 0) is 0 Å².